The fourth-order valence-electron chi connectivity index (χ4n) is 2.63. The molecule has 1 aliphatic rings. The van der Waals surface area contributed by atoms with E-state index in [9.17, 15) is 4.39 Å². The molecular formula is C14H19ClFN. The quantitative estimate of drug-likeness (QED) is 0.813. The van der Waals surface area contributed by atoms with E-state index in [1.807, 2.05) is 0 Å². The van der Waals surface area contributed by atoms with Crippen LogP contribution in [0.4, 0.5) is 10.1 Å². The summed E-state index contributed by atoms with van der Waals surface area (Å²) in [7, 11) is 0. The van der Waals surface area contributed by atoms with Crippen molar-refractivity contribution in [1.29, 1.82) is 0 Å². The summed E-state index contributed by atoms with van der Waals surface area (Å²) < 4.78 is 13.7. The summed E-state index contributed by atoms with van der Waals surface area (Å²) in [5, 5.41) is 3.49. The van der Waals surface area contributed by atoms with Crippen LogP contribution in [0.25, 0.3) is 0 Å². The number of benzene rings is 1. The molecule has 2 unspecified atom stereocenters. The zero-order valence-corrected chi connectivity index (χ0v) is 10.9. The van der Waals surface area contributed by atoms with Crippen molar-refractivity contribution in [2.24, 2.45) is 5.92 Å². The molecule has 1 N–H and O–H groups in total. The van der Waals surface area contributed by atoms with Gasteiger partial charge in [-0.3, -0.25) is 0 Å². The molecule has 2 atom stereocenters. The molecule has 0 aromatic heterocycles. The summed E-state index contributed by atoms with van der Waals surface area (Å²) in [6.45, 7) is 2.23. The average Bonchev–Trinajstić information content (AvgIpc) is 2.35. The van der Waals surface area contributed by atoms with Crippen LogP contribution in [-0.2, 0) is 0 Å². The van der Waals surface area contributed by atoms with Crippen LogP contribution in [-0.4, -0.2) is 6.04 Å². The zero-order chi connectivity index (χ0) is 12.3. The minimum absolute atomic E-state index is 0.192. The van der Waals surface area contributed by atoms with Crippen molar-refractivity contribution in [3.63, 3.8) is 0 Å². The first-order chi connectivity index (χ1) is 8.20. The molecule has 1 aromatic rings. The summed E-state index contributed by atoms with van der Waals surface area (Å²) in [4.78, 5) is 0. The van der Waals surface area contributed by atoms with Gasteiger partial charge in [-0.1, -0.05) is 43.9 Å². The Hall–Kier alpha value is -0.760. The van der Waals surface area contributed by atoms with E-state index in [0.717, 1.165) is 18.8 Å². The fourth-order valence-corrected chi connectivity index (χ4v) is 2.80. The van der Waals surface area contributed by atoms with Crippen LogP contribution in [0.3, 0.4) is 0 Å². The molecule has 1 saturated carbocycles. The van der Waals surface area contributed by atoms with Crippen molar-refractivity contribution in [2.75, 3.05) is 5.32 Å². The Morgan fingerprint density at radius 1 is 1.41 bits per heavy atom. The standard InChI is InChI=1S/C14H19ClFN/c1-2-10-5-3-6-11(9-10)17-13-8-4-7-12(15)14(13)16/h4,7-8,10-11,17H,2-3,5-6,9H2,1H3. The second-order valence-corrected chi connectivity index (χ2v) is 5.29. The first kappa shape index (κ1) is 12.7. The summed E-state index contributed by atoms with van der Waals surface area (Å²) in [5.41, 5.74) is 0.541. The zero-order valence-electron chi connectivity index (χ0n) is 10.2. The minimum Gasteiger partial charge on any atom is -0.380 e. The molecule has 0 saturated heterocycles. The van der Waals surface area contributed by atoms with Gasteiger partial charge in [-0.05, 0) is 30.9 Å². The number of halogens is 2. The van der Waals surface area contributed by atoms with Crippen molar-refractivity contribution in [3.05, 3.63) is 29.0 Å². The van der Waals surface area contributed by atoms with E-state index in [-0.39, 0.29) is 10.8 Å². The fraction of sp³-hybridized carbons (Fsp3) is 0.571. The van der Waals surface area contributed by atoms with Crippen molar-refractivity contribution < 1.29 is 4.39 Å². The lowest BCUT2D eigenvalue weighted by Crippen LogP contribution is -2.27. The summed E-state index contributed by atoms with van der Waals surface area (Å²) in [6.07, 6.45) is 6.03. The Bertz CT molecular complexity index is 380. The largest absolute Gasteiger partial charge is 0.380 e. The van der Waals surface area contributed by atoms with E-state index in [2.05, 4.69) is 12.2 Å². The lowest BCUT2D eigenvalue weighted by Gasteiger charge is -2.30. The average molecular weight is 256 g/mol. The topological polar surface area (TPSA) is 12.0 Å². The molecule has 0 bridgehead atoms. The van der Waals surface area contributed by atoms with Gasteiger partial charge in [-0.2, -0.15) is 0 Å². The van der Waals surface area contributed by atoms with Crippen LogP contribution in [0.1, 0.15) is 39.0 Å². The molecule has 0 aliphatic heterocycles. The first-order valence-electron chi connectivity index (χ1n) is 6.41. The minimum atomic E-state index is -0.326. The van der Waals surface area contributed by atoms with E-state index >= 15 is 0 Å². The van der Waals surface area contributed by atoms with Crippen LogP contribution in [0.2, 0.25) is 5.02 Å². The highest BCUT2D eigenvalue weighted by Crippen LogP contribution is 2.30. The van der Waals surface area contributed by atoms with Crippen LogP contribution in [0, 0.1) is 11.7 Å². The molecule has 0 amide bonds. The molecule has 1 nitrogen and oxygen atoms in total. The van der Waals surface area contributed by atoms with Crippen LogP contribution < -0.4 is 5.32 Å². The Morgan fingerprint density at radius 3 is 3.00 bits per heavy atom. The van der Waals surface area contributed by atoms with Gasteiger partial charge in [-0.25, -0.2) is 4.39 Å². The number of nitrogens with one attached hydrogen (secondary N) is 1. The van der Waals surface area contributed by atoms with Crippen LogP contribution >= 0.6 is 11.6 Å². The second kappa shape index (κ2) is 5.72. The third-order valence-corrected chi connectivity index (χ3v) is 3.96. The van der Waals surface area contributed by atoms with Gasteiger partial charge in [0.2, 0.25) is 0 Å². The first-order valence-corrected chi connectivity index (χ1v) is 6.79. The molecule has 3 heteroatoms. The monoisotopic (exact) mass is 255 g/mol. The number of hydrogen-bond acceptors (Lipinski definition) is 1. The third-order valence-electron chi connectivity index (χ3n) is 3.67. The third kappa shape index (κ3) is 3.12. The summed E-state index contributed by atoms with van der Waals surface area (Å²) in [6, 6.07) is 5.52. The predicted octanol–water partition coefficient (Wildman–Crippen LogP) is 4.86. The predicted molar refractivity (Wildman–Crippen MR) is 71.1 cm³/mol. The Balaban J connectivity index is 2.02. The van der Waals surface area contributed by atoms with Gasteiger partial charge in [0.15, 0.2) is 5.82 Å². The van der Waals surface area contributed by atoms with E-state index in [4.69, 9.17) is 11.6 Å². The van der Waals surface area contributed by atoms with Crippen molar-refractivity contribution in [1.82, 2.24) is 0 Å². The lowest BCUT2D eigenvalue weighted by molar-refractivity contribution is 0.327. The number of rotatable bonds is 3. The SMILES string of the molecule is CCC1CCCC(Nc2cccc(Cl)c2F)C1. The van der Waals surface area contributed by atoms with Crippen molar-refractivity contribution >= 4 is 17.3 Å². The number of hydrogen-bond donors (Lipinski definition) is 1. The molecule has 0 radical (unpaired) electrons. The van der Waals surface area contributed by atoms with Gasteiger partial charge < -0.3 is 5.32 Å². The molecule has 0 heterocycles. The van der Waals surface area contributed by atoms with Crippen LogP contribution in [0.15, 0.2) is 18.2 Å². The molecular weight excluding hydrogens is 237 g/mol. The molecule has 1 aliphatic carbocycles. The Morgan fingerprint density at radius 2 is 2.24 bits per heavy atom. The van der Waals surface area contributed by atoms with Gasteiger partial charge in [0.25, 0.3) is 0 Å². The van der Waals surface area contributed by atoms with Gasteiger partial charge >= 0.3 is 0 Å². The van der Waals surface area contributed by atoms with Gasteiger partial charge in [0.05, 0.1) is 10.7 Å². The molecule has 1 aromatic carbocycles. The van der Waals surface area contributed by atoms with E-state index in [1.54, 1.807) is 18.2 Å². The van der Waals surface area contributed by atoms with E-state index in [1.165, 1.54) is 19.3 Å². The summed E-state index contributed by atoms with van der Waals surface area (Å²) >= 11 is 5.77. The van der Waals surface area contributed by atoms with Crippen molar-refractivity contribution in [2.45, 2.75) is 45.1 Å². The lowest BCUT2D eigenvalue weighted by atomic mass is 9.84. The van der Waals surface area contributed by atoms with Crippen molar-refractivity contribution in [3.8, 4) is 0 Å². The maximum absolute atomic E-state index is 13.7. The van der Waals surface area contributed by atoms with E-state index in [0.29, 0.717) is 11.7 Å². The highest BCUT2D eigenvalue weighted by atomic mass is 35.5. The van der Waals surface area contributed by atoms with Gasteiger partial charge in [0.1, 0.15) is 0 Å². The molecule has 17 heavy (non-hydrogen) atoms. The van der Waals surface area contributed by atoms with E-state index < -0.39 is 0 Å². The summed E-state index contributed by atoms with van der Waals surface area (Å²) in [5.74, 6) is 0.455. The maximum atomic E-state index is 13.7. The highest BCUT2D eigenvalue weighted by molar-refractivity contribution is 6.31. The Labute approximate surface area is 107 Å². The van der Waals surface area contributed by atoms with Gasteiger partial charge in [0, 0.05) is 6.04 Å². The molecule has 0 spiro atoms. The highest BCUT2D eigenvalue weighted by Gasteiger charge is 2.21. The Kier molecular flexibility index (Phi) is 4.27. The van der Waals surface area contributed by atoms with Gasteiger partial charge in [-0.15, -0.1) is 0 Å². The number of anilines is 1. The second-order valence-electron chi connectivity index (χ2n) is 4.88. The van der Waals surface area contributed by atoms with Crippen LogP contribution in [0.5, 0.6) is 0 Å². The molecule has 1 fully saturated rings. The smallest absolute Gasteiger partial charge is 0.164 e. The molecule has 2 rings (SSSR count). The normalized spacial score (nSPS) is 24.6. The maximum Gasteiger partial charge on any atom is 0.164 e. The molecule has 94 valence electrons.